The van der Waals surface area contributed by atoms with Gasteiger partial charge in [0, 0.05) is 24.8 Å². The molecule has 4 fully saturated rings. The molecule has 0 spiro atoms. The maximum Gasteiger partial charge on any atom is 1.00 e. The molecule has 1 saturated heterocycles. The van der Waals surface area contributed by atoms with Crippen LogP contribution in [0.25, 0.3) is 0 Å². The van der Waals surface area contributed by atoms with Crippen LogP contribution in [0.15, 0.2) is 23.6 Å². The van der Waals surface area contributed by atoms with Gasteiger partial charge in [0.1, 0.15) is 16.2 Å². The van der Waals surface area contributed by atoms with Crippen molar-refractivity contribution in [3.8, 4) is 0 Å². The summed E-state index contributed by atoms with van der Waals surface area (Å²) in [5.74, 6) is 2.96. The zero-order valence-electron chi connectivity index (χ0n) is 28.3. The molecule has 0 radical (unpaired) electrons. The molecule has 0 N–H and O–H groups in total. The van der Waals surface area contributed by atoms with Gasteiger partial charge >= 0.3 is 57.3 Å². The van der Waals surface area contributed by atoms with Gasteiger partial charge < -0.3 is 23.5 Å². The fourth-order valence-corrected chi connectivity index (χ4v) is 9.50. The molecule has 0 bridgehead atoms. The smallest absolute Gasteiger partial charge is 0.748 e. The van der Waals surface area contributed by atoms with Gasteiger partial charge in [0.05, 0.1) is 28.0 Å². The molecule has 13 heteroatoms. The minimum Gasteiger partial charge on any atom is -0.748 e. The Morgan fingerprint density at radius 1 is 0.870 bits per heavy atom. The van der Waals surface area contributed by atoms with Crippen LogP contribution in [-0.2, 0) is 29.7 Å². The Balaban J connectivity index is 0.00000480. The van der Waals surface area contributed by atoms with Crippen molar-refractivity contribution in [3.05, 3.63) is 23.6 Å². The minimum absolute atomic E-state index is 0. The predicted molar refractivity (Wildman–Crippen MR) is 170 cm³/mol. The second-order valence-electron chi connectivity index (χ2n) is 14.4. The first kappa shape index (κ1) is 38.8. The van der Waals surface area contributed by atoms with Crippen LogP contribution in [0.3, 0.4) is 0 Å². The van der Waals surface area contributed by atoms with Crippen molar-refractivity contribution in [2.45, 2.75) is 129 Å². The quantitative estimate of drug-likeness (QED) is 0.128. The Bertz CT molecular complexity index is 1360. The van der Waals surface area contributed by atoms with Gasteiger partial charge in [-0.1, -0.05) is 52.9 Å². The molecule has 2 aliphatic heterocycles. The van der Waals surface area contributed by atoms with Crippen LogP contribution in [0.2, 0.25) is 0 Å². The molecule has 2 heterocycles. The topological polar surface area (TPSA) is 139 Å². The van der Waals surface area contributed by atoms with Crippen molar-refractivity contribution in [1.82, 2.24) is 4.90 Å². The van der Waals surface area contributed by atoms with E-state index in [-0.39, 0.29) is 88.0 Å². The van der Waals surface area contributed by atoms with Gasteiger partial charge in [0.25, 0.3) is 0 Å². The summed E-state index contributed by atoms with van der Waals surface area (Å²) in [5.41, 5.74) is 0.976. The number of hydrogen-bond donors (Lipinski definition) is 0. The summed E-state index contributed by atoms with van der Waals surface area (Å²) >= 11 is 0. The van der Waals surface area contributed by atoms with Crippen molar-refractivity contribution < 1.29 is 91.4 Å². The first-order valence-electron chi connectivity index (χ1n) is 17.3. The van der Waals surface area contributed by atoms with E-state index in [1.165, 1.54) is 32.1 Å². The summed E-state index contributed by atoms with van der Waals surface area (Å²) in [5, 5.41) is 0. The van der Waals surface area contributed by atoms with Gasteiger partial charge in [-0.25, -0.2) is 16.8 Å². The maximum atomic E-state index is 11.7. The fourth-order valence-electron chi connectivity index (χ4n) is 8.52. The number of rotatable bonds is 12. The Morgan fingerprint density at radius 2 is 1.57 bits per heavy atom. The summed E-state index contributed by atoms with van der Waals surface area (Å²) in [6, 6.07) is 0.255. The van der Waals surface area contributed by atoms with E-state index >= 15 is 0 Å². The van der Waals surface area contributed by atoms with Crippen LogP contribution in [0.5, 0.6) is 0 Å². The van der Waals surface area contributed by atoms with Crippen LogP contribution in [0, 0.1) is 23.7 Å². The number of allylic oxidation sites excluding steroid dienone is 2. The molecule has 10 nitrogen and oxygen atoms in total. The first-order chi connectivity index (χ1) is 21.3. The van der Waals surface area contributed by atoms with E-state index in [1.807, 2.05) is 16.7 Å². The van der Waals surface area contributed by atoms with Crippen LogP contribution in [0.1, 0.15) is 104 Å². The molecule has 3 aliphatic carbocycles. The van der Waals surface area contributed by atoms with Gasteiger partial charge in [0.15, 0.2) is 24.6 Å². The van der Waals surface area contributed by atoms with Crippen molar-refractivity contribution in [3.63, 3.8) is 0 Å². The molecule has 3 saturated carbocycles. The second-order valence-corrected chi connectivity index (χ2v) is 17.4. The van der Waals surface area contributed by atoms with Crippen LogP contribution in [0.4, 0.5) is 0 Å². The average Bonchev–Trinajstić information content (AvgIpc) is 3.49. The largest absolute Gasteiger partial charge is 1.00 e. The van der Waals surface area contributed by atoms with E-state index in [0.29, 0.717) is 55.4 Å². The molecule has 7 atom stereocenters. The van der Waals surface area contributed by atoms with Crippen molar-refractivity contribution >= 4 is 26.1 Å². The van der Waals surface area contributed by atoms with Gasteiger partial charge in [0.2, 0.25) is 0 Å². The molecule has 0 aromatic heterocycles. The Kier molecular flexibility index (Phi) is 14.2. The third-order valence-electron chi connectivity index (χ3n) is 11.3. The maximum absolute atomic E-state index is 11.7. The minimum atomic E-state index is -4.39. The molecule has 5 rings (SSSR count). The summed E-state index contributed by atoms with van der Waals surface area (Å²) < 4.78 is 83.8. The van der Waals surface area contributed by atoms with Gasteiger partial charge in [-0.2, -0.15) is 4.58 Å². The molecule has 256 valence electrons. The van der Waals surface area contributed by atoms with Gasteiger partial charge in [-0.3, -0.25) is 0 Å². The predicted octanol–water partition coefficient (Wildman–Crippen LogP) is 1.73. The molecular formula is C33H53KN2O8S2. The fraction of sp³-hybridized carbons (Fsp3) is 0.848. The summed E-state index contributed by atoms with van der Waals surface area (Å²) in [7, 11) is -8.64. The van der Waals surface area contributed by atoms with E-state index in [1.54, 1.807) is 0 Å². The number of hydrogen-bond acceptors (Lipinski definition) is 9. The monoisotopic (exact) mass is 708 g/mol. The van der Waals surface area contributed by atoms with Gasteiger partial charge in [-0.05, 0) is 74.2 Å². The van der Waals surface area contributed by atoms with Crippen molar-refractivity contribution in [2.24, 2.45) is 23.7 Å². The molecular weight excluding hydrogens is 656 g/mol. The normalized spacial score (nSPS) is 33.3. The molecule has 7 unspecified atom stereocenters. The standard InChI is InChI=1S/C33H54N2O8S2.K/c1-4-25(20-32-34(14-8-9-16-44(36,37)38)28-18-23(2)24(3)19-31(28)43-32)21-33-35(15-17-45(39,40)41)29-22-27(12-13-30(29)42-33)26-10-6-5-7-11-26;/h20-21,23-24,26-31H,4-19,22H2,1-3H3,(H-,36,37,38,39,40,41);/q;+1/p-1. The number of ether oxygens (including phenoxy) is 2. The Hall–Kier alpha value is 0.00636. The molecule has 0 aromatic carbocycles. The molecule has 46 heavy (non-hydrogen) atoms. The van der Waals surface area contributed by atoms with Crippen molar-refractivity contribution in [1.29, 1.82) is 0 Å². The van der Waals surface area contributed by atoms with E-state index in [2.05, 4.69) is 25.7 Å². The number of nitrogens with zero attached hydrogens (tertiary/aromatic N) is 2. The molecule has 5 aliphatic rings. The van der Waals surface area contributed by atoms with E-state index in [9.17, 15) is 25.9 Å². The third kappa shape index (κ3) is 10.3. The zero-order chi connectivity index (χ0) is 32.4. The SMILES string of the molecule is CCC(=CC1=[N+](CCS(=O)(=O)[O-])C2CC(C3CCCCC3)CCC2O1)C=C1OC2CC(C)C(C)CC2N1CCCCS(=O)(=O)[O-].[K+]. The van der Waals surface area contributed by atoms with E-state index in [0.717, 1.165) is 43.6 Å². The van der Waals surface area contributed by atoms with Crippen molar-refractivity contribution in [2.75, 3.05) is 24.6 Å². The average molecular weight is 709 g/mol. The Morgan fingerprint density at radius 3 is 2.24 bits per heavy atom. The Labute approximate surface area is 319 Å². The molecule has 0 aromatic rings. The van der Waals surface area contributed by atoms with Crippen LogP contribution in [-0.4, -0.2) is 90.2 Å². The van der Waals surface area contributed by atoms with Crippen LogP contribution < -0.4 is 51.4 Å². The number of fused-ring (bicyclic) bond motifs is 2. The van der Waals surface area contributed by atoms with E-state index in [4.69, 9.17) is 9.47 Å². The zero-order valence-corrected chi connectivity index (χ0v) is 33.0. The number of unbranched alkanes of at least 4 members (excludes halogenated alkanes) is 1. The third-order valence-corrected chi connectivity index (χ3v) is 12.8. The first-order valence-corrected chi connectivity index (χ1v) is 20.5. The molecule has 0 amide bonds. The summed E-state index contributed by atoms with van der Waals surface area (Å²) in [6.07, 6.45) is 17.0. The van der Waals surface area contributed by atoms with Gasteiger partial charge in [-0.15, -0.1) is 0 Å². The summed E-state index contributed by atoms with van der Waals surface area (Å²) in [4.78, 5) is 2.25. The van der Waals surface area contributed by atoms with Crippen LogP contribution >= 0.6 is 0 Å². The van der Waals surface area contributed by atoms with E-state index < -0.39 is 26.0 Å². The summed E-state index contributed by atoms with van der Waals surface area (Å²) in [6.45, 7) is 7.32. The second kappa shape index (κ2) is 16.8.